The SMILES string of the molecule is O=C(O)Cc1ccc2cc([N+](=O)[O-])ccc2n1. The Morgan fingerprint density at radius 3 is 2.76 bits per heavy atom. The van der Waals surface area contributed by atoms with E-state index in [-0.39, 0.29) is 12.1 Å². The number of carboxylic acids is 1. The average Bonchev–Trinajstić information content (AvgIpc) is 2.27. The molecule has 0 radical (unpaired) electrons. The number of nitrogens with zero attached hydrogens (tertiary/aromatic N) is 2. The molecule has 1 heterocycles. The van der Waals surface area contributed by atoms with E-state index in [2.05, 4.69) is 4.98 Å². The molecular weight excluding hydrogens is 224 g/mol. The Morgan fingerprint density at radius 1 is 1.35 bits per heavy atom. The lowest BCUT2D eigenvalue weighted by Gasteiger charge is -2.00. The lowest BCUT2D eigenvalue weighted by molar-refractivity contribution is -0.384. The van der Waals surface area contributed by atoms with E-state index in [0.29, 0.717) is 16.6 Å². The van der Waals surface area contributed by atoms with Crippen molar-refractivity contribution < 1.29 is 14.8 Å². The number of carbonyl (C=O) groups is 1. The monoisotopic (exact) mass is 232 g/mol. The van der Waals surface area contributed by atoms with Gasteiger partial charge in [0.15, 0.2) is 0 Å². The van der Waals surface area contributed by atoms with Crippen LogP contribution in [-0.4, -0.2) is 21.0 Å². The van der Waals surface area contributed by atoms with Crippen LogP contribution in [0.5, 0.6) is 0 Å². The highest BCUT2D eigenvalue weighted by atomic mass is 16.6. The van der Waals surface area contributed by atoms with Crippen molar-refractivity contribution in [3.8, 4) is 0 Å². The molecule has 0 aliphatic rings. The van der Waals surface area contributed by atoms with Crippen LogP contribution in [0.2, 0.25) is 0 Å². The van der Waals surface area contributed by atoms with E-state index < -0.39 is 10.9 Å². The Kier molecular flexibility index (Phi) is 2.70. The van der Waals surface area contributed by atoms with Crippen molar-refractivity contribution in [1.29, 1.82) is 0 Å². The highest BCUT2D eigenvalue weighted by molar-refractivity contribution is 5.81. The molecule has 6 heteroatoms. The van der Waals surface area contributed by atoms with Crippen LogP contribution < -0.4 is 0 Å². The zero-order valence-electron chi connectivity index (χ0n) is 8.66. The van der Waals surface area contributed by atoms with Crippen molar-refractivity contribution in [3.63, 3.8) is 0 Å². The molecule has 0 saturated heterocycles. The predicted molar refractivity (Wildman–Crippen MR) is 59.7 cm³/mol. The first-order chi connectivity index (χ1) is 8.06. The van der Waals surface area contributed by atoms with Gasteiger partial charge in [0.1, 0.15) is 0 Å². The third-order valence-electron chi connectivity index (χ3n) is 2.27. The number of hydrogen-bond donors (Lipinski definition) is 1. The number of pyridine rings is 1. The number of aromatic nitrogens is 1. The van der Waals surface area contributed by atoms with Crippen LogP contribution in [0.4, 0.5) is 5.69 Å². The Balaban J connectivity index is 2.46. The lowest BCUT2D eigenvalue weighted by atomic mass is 10.1. The van der Waals surface area contributed by atoms with E-state index in [9.17, 15) is 14.9 Å². The van der Waals surface area contributed by atoms with Crippen molar-refractivity contribution >= 4 is 22.6 Å². The first-order valence-electron chi connectivity index (χ1n) is 4.82. The van der Waals surface area contributed by atoms with Crippen molar-refractivity contribution in [3.05, 3.63) is 46.1 Å². The first kappa shape index (κ1) is 11.0. The minimum Gasteiger partial charge on any atom is -0.481 e. The summed E-state index contributed by atoms with van der Waals surface area (Å²) in [5.41, 5.74) is 0.971. The number of non-ortho nitro benzene ring substituents is 1. The summed E-state index contributed by atoms with van der Waals surface area (Å²) >= 11 is 0. The van der Waals surface area contributed by atoms with Gasteiger partial charge in [0, 0.05) is 17.5 Å². The molecule has 1 N–H and O–H groups in total. The number of aliphatic carboxylic acids is 1. The Labute approximate surface area is 95.7 Å². The number of nitro groups is 1. The fraction of sp³-hybridized carbons (Fsp3) is 0.0909. The van der Waals surface area contributed by atoms with Gasteiger partial charge in [-0.3, -0.25) is 19.9 Å². The van der Waals surface area contributed by atoms with Gasteiger partial charge in [-0.05, 0) is 12.1 Å². The van der Waals surface area contributed by atoms with Crippen LogP contribution in [0, 0.1) is 10.1 Å². The van der Waals surface area contributed by atoms with Gasteiger partial charge < -0.3 is 5.11 Å². The summed E-state index contributed by atoms with van der Waals surface area (Å²) in [6.07, 6.45) is -0.160. The number of hydrogen-bond acceptors (Lipinski definition) is 4. The summed E-state index contributed by atoms with van der Waals surface area (Å²) in [6.45, 7) is 0. The van der Waals surface area contributed by atoms with E-state index in [1.165, 1.54) is 18.2 Å². The summed E-state index contributed by atoms with van der Waals surface area (Å²) < 4.78 is 0. The van der Waals surface area contributed by atoms with Crippen molar-refractivity contribution in [2.45, 2.75) is 6.42 Å². The first-order valence-corrected chi connectivity index (χ1v) is 4.82. The van der Waals surface area contributed by atoms with Gasteiger partial charge in [-0.25, -0.2) is 0 Å². The second-order valence-corrected chi connectivity index (χ2v) is 3.51. The molecule has 1 aromatic heterocycles. The van der Waals surface area contributed by atoms with Crippen LogP contribution in [0.25, 0.3) is 10.9 Å². The van der Waals surface area contributed by atoms with Gasteiger partial charge in [-0.2, -0.15) is 0 Å². The molecule has 2 aromatic rings. The maximum atomic E-state index is 10.6. The summed E-state index contributed by atoms with van der Waals surface area (Å²) in [5.74, 6) is -0.959. The summed E-state index contributed by atoms with van der Waals surface area (Å²) in [5, 5.41) is 19.8. The van der Waals surface area contributed by atoms with E-state index >= 15 is 0 Å². The minimum atomic E-state index is -0.959. The third kappa shape index (κ3) is 2.36. The quantitative estimate of drug-likeness (QED) is 0.642. The van der Waals surface area contributed by atoms with Crippen LogP contribution in [0.1, 0.15) is 5.69 Å². The van der Waals surface area contributed by atoms with Crippen LogP contribution in [0.15, 0.2) is 30.3 Å². The molecule has 0 unspecified atom stereocenters. The van der Waals surface area contributed by atoms with Gasteiger partial charge in [0.2, 0.25) is 0 Å². The zero-order chi connectivity index (χ0) is 12.4. The number of fused-ring (bicyclic) bond motifs is 1. The van der Waals surface area contributed by atoms with E-state index in [0.717, 1.165) is 0 Å². The molecule has 0 atom stereocenters. The Hall–Kier alpha value is -2.50. The second kappa shape index (κ2) is 4.17. The van der Waals surface area contributed by atoms with Crippen molar-refractivity contribution in [2.75, 3.05) is 0 Å². The molecular formula is C11H8N2O4. The standard InChI is InChI=1S/C11H8N2O4/c14-11(15)6-8-2-1-7-5-9(13(16)17)3-4-10(7)12-8/h1-5H,6H2,(H,14,15). The molecule has 2 rings (SSSR count). The van der Waals surface area contributed by atoms with Gasteiger partial charge >= 0.3 is 5.97 Å². The largest absolute Gasteiger partial charge is 0.481 e. The van der Waals surface area contributed by atoms with Gasteiger partial charge in [0.25, 0.3) is 5.69 Å². The summed E-state index contributed by atoms with van der Waals surface area (Å²) in [4.78, 5) is 24.7. The molecule has 0 fully saturated rings. The van der Waals surface area contributed by atoms with Gasteiger partial charge in [-0.1, -0.05) is 6.07 Å². The highest BCUT2D eigenvalue weighted by Crippen LogP contribution is 2.19. The molecule has 0 saturated carbocycles. The van der Waals surface area contributed by atoms with Crippen molar-refractivity contribution in [1.82, 2.24) is 4.98 Å². The maximum Gasteiger partial charge on any atom is 0.309 e. The highest BCUT2D eigenvalue weighted by Gasteiger charge is 2.08. The van der Waals surface area contributed by atoms with Crippen LogP contribution in [0.3, 0.4) is 0 Å². The molecule has 1 aromatic carbocycles. The molecule has 6 nitrogen and oxygen atoms in total. The van der Waals surface area contributed by atoms with Crippen LogP contribution >= 0.6 is 0 Å². The minimum absolute atomic E-state index is 0.00900. The average molecular weight is 232 g/mol. The topological polar surface area (TPSA) is 93.3 Å². The molecule has 0 aliphatic carbocycles. The summed E-state index contributed by atoms with van der Waals surface area (Å²) in [6, 6.07) is 7.46. The van der Waals surface area contributed by atoms with Gasteiger partial charge in [-0.15, -0.1) is 0 Å². The normalized spacial score (nSPS) is 10.4. The number of carboxylic acid groups (broad SMARTS) is 1. The zero-order valence-corrected chi connectivity index (χ0v) is 8.66. The lowest BCUT2D eigenvalue weighted by Crippen LogP contribution is -2.02. The molecule has 0 bridgehead atoms. The van der Waals surface area contributed by atoms with Crippen LogP contribution in [-0.2, 0) is 11.2 Å². The number of benzene rings is 1. The third-order valence-corrected chi connectivity index (χ3v) is 2.27. The number of nitro benzene ring substituents is 1. The van der Waals surface area contributed by atoms with Gasteiger partial charge in [0.05, 0.1) is 22.6 Å². The number of rotatable bonds is 3. The fourth-order valence-electron chi connectivity index (χ4n) is 1.52. The molecule has 0 aliphatic heterocycles. The maximum absolute atomic E-state index is 10.6. The molecule has 86 valence electrons. The molecule has 17 heavy (non-hydrogen) atoms. The van der Waals surface area contributed by atoms with E-state index in [1.807, 2.05) is 0 Å². The van der Waals surface area contributed by atoms with E-state index in [1.54, 1.807) is 12.1 Å². The predicted octanol–water partition coefficient (Wildman–Crippen LogP) is 1.77. The molecule has 0 spiro atoms. The Morgan fingerprint density at radius 2 is 2.12 bits per heavy atom. The van der Waals surface area contributed by atoms with E-state index in [4.69, 9.17) is 5.11 Å². The summed E-state index contributed by atoms with van der Waals surface area (Å²) in [7, 11) is 0. The van der Waals surface area contributed by atoms with Crippen molar-refractivity contribution in [2.24, 2.45) is 0 Å². The Bertz CT molecular complexity index is 609. The molecule has 0 amide bonds. The smallest absolute Gasteiger partial charge is 0.309 e. The second-order valence-electron chi connectivity index (χ2n) is 3.51. The fourth-order valence-corrected chi connectivity index (χ4v) is 1.52.